The zero-order valence-electron chi connectivity index (χ0n) is 12.2. The first-order valence-electron chi connectivity index (χ1n) is 7.40. The van der Waals surface area contributed by atoms with Gasteiger partial charge in [-0.05, 0) is 34.6 Å². The predicted octanol–water partition coefficient (Wildman–Crippen LogP) is 3.13. The Morgan fingerprint density at radius 3 is 3.05 bits per heavy atom. The molecule has 2 aromatic rings. The van der Waals surface area contributed by atoms with Crippen LogP contribution in [0.5, 0.6) is 0 Å². The molecule has 1 aromatic carbocycles. The lowest BCUT2D eigenvalue weighted by atomic mass is 9.97. The van der Waals surface area contributed by atoms with Crippen molar-refractivity contribution in [2.75, 3.05) is 6.61 Å². The fourth-order valence-electron chi connectivity index (χ4n) is 2.80. The van der Waals surface area contributed by atoms with E-state index in [9.17, 15) is 4.79 Å². The maximum absolute atomic E-state index is 11.1. The number of aliphatic carboxylic acids is 1. The lowest BCUT2D eigenvalue weighted by Crippen LogP contribution is -2.24. The third kappa shape index (κ3) is 3.55. The van der Waals surface area contributed by atoms with Gasteiger partial charge in [-0.1, -0.05) is 24.3 Å². The molecule has 22 heavy (non-hydrogen) atoms. The molecule has 0 saturated heterocycles. The first-order chi connectivity index (χ1) is 10.7. The summed E-state index contributed by atoms with van der Waals surface area (Å²) in [5.41, 5.74) is 3.79. The van der Waals surface area contributed by atoms with Crippen LogP contribution in [0.25, 0.3) is 0 Å². The van der Waals surface area contributed by atoms with Crippen molar-refractivity contribution >= 4 is 17.3 Å². The van der Waals surface area contributed by atoms with Crippen LogP contribution >= 0.6 is 11.3 Å². The fourth-order valence-corrected chi connectivity index (χ4v) is 3.60. The van der Waals surface area contributed by atoms with Gasteiger partial charge >= 0.3 is 5.97 Å². The van der Waals surface area contributed by atoms with Crippen LogP contribution in [0.2, 0.25) is 0 Å². The summed E-state index contributed by atoms with van der Waals surface area (Å²) in [5, 5.41) is 14.5. The number of carboxylic acid groups (broad SMARTS) is 1. The molecule has 0 spiro atoms. The molecule has 116 valence electrons. The lowest BCUT2D eigenvalue weighted by Gasteiger charge is -2.22. The van der Waals surface area contributed by atoms with Crippen molar-refractivity contribution in [3.05, 3.63) is 57.3 Å². The third-order valence-corrected chi connectivity index (χ3v) is 4.92. The van der Waals surface area contributed by atoms with Crippen LogP contribution in [-0.2, 0) is 29.1 Å². The maximum Gasteiger partial charge on any atom is 0.305 e. The maximum atomic E-state index is 11.1. The van der Waals surface area contributed by atoms with Crippen LogP contribution in [-0.4, -0.2) is 17.7 Å². The van der Waals surface area contributed by atoms with Crippen LogP contribution in [0.4, 0.5) is 0 Å². The monoisotopic (exact) mass is 317 g/mol. The average molecular weight is 317 g/mol. The van der Waals surface area contributed by atoms with Crippen LogP contribution in [0.1, 0.15) is 34.0 Å². The molecule has 3 rings (SSSR count). The Morgan fingerprint density at radius 2 is 2.27 bits per heavy atom. The molecule has 0 radical (unpaired) electrons. The van der Waals surface area contributed by atoms with Gasteiger partial charge < -0.3 is 15.2 Å². The number of carbonyl (C=O) groups is 1. The second-order valence-electron chi connectivity index (χ2n) is 5.40. The van der Waals surface area contributed by atoms with Gasteiger partial charge in [-0.3, -0.25) is 4.79 Å². The summed E-state index contributed by atoms with van der Waals surface area (Å²) in [6.07, 6.45) is 1.04. The molecule has 1 atom stereocenters. The first kappa shape index (κ1) is 15.2. The van der Waals surface area contributed by atoms with Crippen LogP contribution in [0, 0.1) is 0 Å². The molecule has 5 heteroatoms. The van der Waals surface area contributed by atoms with Crippen LogP contribution in [0.15, 0.2) is 35.7 Å². The second kappa shape index (κ2) is 7.05. The molecule has 0 amide bonds. The molecule has 2 heterocycles. The van der Waals surface area contributed by atoms with E-state index in [0.29, 0.717) is 13.2 Å². The Morgan fingerprint density at radius 1 is 1.36 bits per heavy atom. The second-order valence-corrected chi connectivity index (χ2v) is 6.38. The lowest BCUT2D eigenvalue weighted by molar-refractivity contribution is -0.137. The predicted molar refractivity (Wildman–Crippen MR) is 86.0 cm³/mol. The summed E-state index contributed by atoms with van der Waals surface area (Å²) in [6.45, 7) is 2.08. The third-order valence-electron chi connectivity index (χ3n) is 3.94. The minimum absolute atomic E-state index is 0.0893. The zero-order valence-corrected chi connectivity index (χ0v) is 13.1. The van der Waals surface area contributed by atoms with E-state index in [2.05, 4.69) is 23.5 Å². The summed E-state index contributed by atoms with van der Waals surface area (Å²) in [4.78, 5) is 12.2. The van der Waals surface area contributed by atoms with Crippen molar-refractivity contribution in [1.82, 2.24) is 5.32 Å². The number of fused-ring (bicyclic) bond motifs is 1. The summed E-state index contributed by atoms with van der Waals surface area (Å²) >= 11 is 1.59. The van der Waals surface area contributed by atoms with Crippen molar-refractivity contribution in [2.24, 2.45) is 0 Å². The number of rotatable bonds is 6. The van der Waals surface area contributed by atoms with Crippen molar-refractivity contribution in [1.29, 1.82) is 0 Å². The summed E-state index contributed by atoms with van der Waals surface area (Å²) in [6, 6.07) is 10.1. The highest BCUT2D eigenvalue weighted by atomic mass is 32.1. The molecular formula is C17H19NO3S. The molecule has 1 aliphatic rings. The van der Waals surface area contributed by atoms with Gasteiger partial charge in [-0.25, -0.2) is 0 Å². The standard InChI is InChI=1S/C17H19NO3S/c19-17(20)9-15(16-5-2-8-22-16)18-10-13-4-1-3-12-6-7-21-11-14(12)13/h1-5,8,15,18H,6-7,9-11H2,(H,19,20). The number of benzene rings is 1. The van der Waals surface area contributed by atoms with Crippen LogP contribution < -0.4 is 5.32 Å². The number of hydrogen-bond donors (Lipinski definition) is 2. The molecule has 1 aromatic heterocycles. The number of hydrogen-bond acceptors (Lipinski definition) is 4. The van der Waals surface area contributed by atoms with Crippen LogP contribution in [0.3, 0.4) is 0 Å². The van der Waals surface area contributed by atoms with E-state index in [1.54, 1.807) is 11.3 Å². The quantitative estimate of drug-likeness (QED) is 0.859. The smallest absolute Gasteiger partial charge is 0.305 e. The van der Waals surface area contributed by atoms with E-state index in [1.807, 2.05) is 17.5 Å². The minimum atomic E-state index is -0.788. The number of ether oxygens (including phenoxy) is 1. The molecule has 0 saturated carbocycles. The highest BCUT2D eigenvalue weighted by Crippen LogP contribution is 2.25. The van der Waals surface area contributed by atoms with E-state index in [4.69, 9.17) is 9.84 Å². The van der Waals surface area contributed by atoms with Gasteiger partial charge in [0.25, 0.3) is 0 Å². The highest BCUT2D eigenvalue weighted by Gasteiger charge is 2.18. The Kier molecular flexibility index (Phi) is 4.87. The highest BCUT2D eigenvalue weighted by molar-refractivity contribution is 7.10. The minimum Gasteiger partial charge on any atom is -0.481 e. The molecule has 2 N–H and O–H groups in total. The van der Waals surface area contributed by atoms with E-state index >= 15 is 0 Å². The van der Waals surface area contributed by atoms with E-state index in [0.717, 1.165) is 17.9 Å². The average Bonchev–Trinajstić information content (AvgIpc) is 3.05. The summed E-state index contributed by atoms with van der Waals surface area (Å²) < 4.78 is 5.56. The molecule has 0 bridgehead atoms. The molecule has 4 nitrogen and oxygen atoms in total. The molecule has 0 aliphatic carbocycles. The van der Waals surface area contributed by atoms with Gasteiger partial charge in [-0.15, -0.1) is 11.3 Å². The van der Waals surface area contributed by atoms with Crippen molar-refractivity contribution in [2.45, 2.75) is 32.0 Å². The Hall–Kier alpha value is -1.69. The van der Waals surface area contributed by atoms with E-state index in [1.165, 1.54) is 16.7 Å². The van der Waals surface area contributed by atoms with Gasteiger partial charge in [0.1, 0.15) is 0 Å². The molecule has 0 fully saturated rings. The van der Waals surface area contributed by atoms with Gasteiger partial charge in [0.15, 0.2) is 0 Å². The van der Waals surface area contributed by atoms with Gasteiger partial charge in [-0.2, -0.15) is 0 Å². The summed E-state index contributed by atoms with van der Waals surface area (Å²) in [7, 11) is 0. The largest absolute Gasteiger partial charge is 0.481 e. The Labute approximate surface area is 133 Å². The van der Waals surface area contributed by atoms with Crippen molar-refractivity contribution < 1.29 is 14.6 Å². The zero-order chi connectivity index (χ0) is 15.4. The van der Waals surface area contributed by atoms with E-state index < -0.39 is 5.97 Å². The summed E-state index contributed by atoms with van der Waals surface area (Å²) in [5.74, 6) is -0.788. The Balaban J connectivity index is 1.74. The fraction of sp³-hybridized carbons (Fsp3) is 0.353. The topological polar surface area (TPSA) is 58.6 Å². The van der Waals surface area contributed by atoms with Gasteiger partial charge in [0, 0.05) is 11.4 Å². The van der Waals surface area contributed by atoms with E-state index in [-0.39, 0.29) is 12.5 Å². The molecular weight excluding hydrogens is 298 g/mol. The SMILES string of the molecule is O=C(O)CC(NCc1cccc2c1COCC2)c1cccs1. The molecule has 1 aliphatic heterocycles. The Bertz CT molecular complexity index is 639. The number of carboxylic acids is 1. The van der Waals surface area contributed by atoms with Crippen molar-refractivity contribution in [3.63, 3.8) is 0 Å². The van der Waals surface area contributed by atoms with Gasteiger partial charge in [0.2, 0.25) is 0 Å². The normalized spacial score (nSPS) is 15.3. The first-order valence-corrected chi connectivity index (χ1v) is 8.28. The number of nitrogens with one attached hydrogen (secondary N) is 1. The van der Waals surface area contributed by atoms with Gasteiger partial charge in [0.05, 0.1) is 25.7 Å². The van der Waals surface area contributed by atoms with Crippen molar-refractivity contribution in [3.8, 4) is 0 Å². The number of thiophene rings is 1. The molecule has 1 unspecified atom stereocenters.